The molecule has 0 amide bonds. The van der Waals surface area contributed by atoms with E-state index in [1.807, 2.05) is 18.5 Å². The van der Waals surface area contributed by atoms with Gasteiger partial charge in [0.1, 0.15) is 0 Å². The quantitative estimate of drug-likeness (QED) is 0.357. The first-order valence-corrected chi connectivity index (χ1v) is 6.59. The molecular formula is C12H14N4S. The summed E-state index contributed by atoms with van der Waals surface area (Å²) in [6, 6.07) is 6.16. The normalized spacial score (nSPS) is 14.4. The zero-order valence-electron chi connectivity index (χ0n) is 9.90. The summed E-state index contributed by atoms with van der Waals surface area (Å²) in [5, 5.41) is 11.8. The summed E-state index contributed by atoms with van der Waals surface area (Å²) in [5.41, 5.74) is 3.50. The second-order valence-electron chi connectivity index (χ2n) is 3.84. The lowest BCUT2D eigenvalue weighted by molar-refractivity contribution is 0.956. The van der Waals surface area contributed by atoms with Crippen LogP contribution < -0.4 is 10.2 Å². The molecule has 0 aliphatic carbocycles. The van der Waals surface area contributed by atoms with Crippen LogP contribution in [0.3, 0.4) is 0 Å². The Kier molecular flexibility index (Phi) is 3.55. The molecule has 1 aromatic rings. The van der Waals surface area contributed by atoms with Gasteiger partial charge in [-0.1, -0.05) is 11.8 Å². The third kappa shape index (κ3) is 2.53. The Bertz CT molecular complexity index is 490. The Balaban J connectivity index is 2.27. The largest absolute Gasteiger partial charge is 0.374 e. The molecule has 0 saturated carbocycles. The highest BCUT2D eigenvalue weighted by Gasteiger charge is 2.15. The molecule has 0 atom stereocenters. The molecule has 0 bridgehead atoms. The Morgan fingerprint density at radius 1 is 1.59 bits per heavy atom. The highest BCUT2D eigenvalue weighted by atomic mass is 32.2. The van der Waals surface area contributed by atoms with Crippen LogP contribution in [0.5, 0.6) is 0 Å². The maximum atomic E-state index is 8.57. The van der Waals surface area contributed by atoms with Crippen molar-refractivity contribution in [2.75, 3.05) is 24.7 Å². The Hall–Kier alpha value is -1.67. The standard InChI is InChI=1S/C12H14N4S/c1-16-6-5-9-7-10(3-4-11(9)16)15-12(17-2)14-8-13/h3-4,7H,5-6H2,1-2H3,(H,14,15). The van der Waals surface area contributed by atoms with Gasteiger partial charge in [0.15, 0.2) is 11.4 Å². The van der Waals surface area contributed by atoms with Crippen LogP contribution >= 0.6 is 11.8 Å². The number of benzene rings is 1. The minimum atomic E-state index is 0.624. The van der Waals surface area contributed by atoms with E-state index >= 15 is 0 Å². The van der Waals surface area contributed by atoms with Gasteiger partial charge in [-0.3, -0.25) is 5.32 Å². The van der Waals surface area contributed by atoms with E-state index in [9.17, 15) is 0 Å². The molecule has 1 aliphatic heterocycles. The molecule has 1 aromatic carbocycles. The number of nitrogens with zero attached hydrogens (tertiary/aromatic N) is 3. The van der Waals surface area contributed by atoms with Crippen LogP contribution in [0.1, 0.15) is 5.56 Å². The smallest absolute Gasteiger partial charge is 0.183 e. The lowest BCUT2D eigenvalue weighted by atomic mass is 10.1. The highest BCUT2D eigenvalue weighted by molar-refractivity contribution is 8.13. The van der Waals surface area contributed by atoms with Crippen molar-refractivity contribution >= 4 is 28.3 Å². The number of thioether (sulfide) groups is 1. The third-order valence-corrected chi connectivity index (χ3v) is 3.36. The topological polar surface area (TPSA) is 51.4 Å². The number of aliphatic imine (C=N–C) groups is 1. The fraction of sp³-hybridized carbons (Fsp3) is 0.333. The van der Waals surface area contributed by atoms with Crippen LogP contribution in [0.15, 0.2) is 23.2 Å². The number of amidine groups is 1. The first-order valence-electron chi connectivity index (χ1n) is 5.36. The number of rotatable bonds is 1. The number of nitrogens with one attached hydrogen (secondary N) is 1. The molecule has 88 valence electrons. The fourth-order valence-electron chi connectivity index (χ4n) is 1.91. The molecule has 1 aliphatic rings. The van der Waals surface area contributed by atoms with Gasteiger partial charge in [-0.15, -0.1) is 0 Å². The van der Waals surface area contributed by atoms with E-state index in [1.54, 1.807) is 0 Å². The second kappa shape index (κ2) is 5.11. The minimum Gasteiger partial charge on any atom is -0.374 e. The Morgan fingerprint density at radius 2 is 2.41 bits per heavy atom. The first-order chi connectivity index (χ1) is 8.24. The maximum absolute atomic E-state index is 8.57. The summed E-state index contributed by atoms with van der Waals surface area (Å²) in [7, 11) is 2.10. The van der Waals surface area contributed by atoms with Crippen molar-refractivity contribution < 1.29 is 0 Å². The van der Waals surface area contributed by atoms with Crippen LogP contribution in [-0.2, 0) is 6.42 Å². The van der Waals surface area contributed by atoms with Gasteiger partial charge in [-0.25, -0.2) is 4.99 Å². The van der Waals surface area contributed by atoms with Gasteiger partial charge < -0.3 is 4.90 Å². The number of hydrogen-bond acceptors (Lipinski definition) is 4. The number of hydrogen-bond donors (Lipinski definition) is 1. The van der Waals surface area contributed by atoms with E-state index < -0.39 is 0 Å². The molecule has 1 heterocycles. The first kappa shape index (κ1) is 11.8. The molecule has 0 fully saturated rings. The van der Waals surface area contributed by atoms with Gasteiger partial charge in [0.05, 0.1) is 5.69 Å². The van der Waals surface area contributed by atoms with Crippen molar-refractivity contribution in [1.29, 1.82) is 5.26 Å². The molecule has 0 aromatic heterocycles. The van der Waals surface area contributed by atoms with Crippen molar-refractivity contribution in [2.24, 2.45) is 4.99 Å². The molecule has 5 heteroatoms. The number of anilines is 1. The van der Waals surface area contributed by atoms with Crippen molar-refractivity contribution in [3.63, 3.8) is 0 Å². The van der Waals surface area contributed by atoms with Crippen molar-refractivity contribution in [1.82, 2.24) is 5.32 Å². The van der Waals surface area contributed by atoms with Gasteiger partial charge in [-0.05, 0) is 36.4 Å². The van der Waals surface area contributed by atoms with Gasteiger partial charge in [0.25, 0.3) is 0 Å². The van der Waals surface area contributed by atoms with Crippen LogP contribution in [0.4, 0.5) is 11.4 Å². The van der Waals surface area contributed by atoms with E-state index in [4.69, 9.17) is 5.26 Å². The highest BCUT2D eigenvalue weighted by Crippen LogP contribution is 2.30. The number of nitriles is 1. The minimum absolute atomic E-state index is 0.624. The second-order valence-corrected chi connectivity index (χ2v) is 4.64. The SMILES string of the molecule is CSC(=Nc1ccc2c(c1)CCN2C)NC#N. The molecule has 2 rings (SSSR count). The summed E-state index contributed by atoms with van der Waals surface area (Å²) >= 11 is 1.43. The van der Waals surface area contributed by atoms with Crippen molar-refractivity contribution in [3.8, 4) is 6.19 Å². The average molecular weight is 246 g/mol. The predicted octanol–water partition coefficient (Wildman–Crippen LogP) is 2.10. The lowest BCUT2D eigenvalue weighted by Gasteiger charge is -2.11. The van der Waals surface area contributed by atoms with Crippen LogP contribution in [0.25, 0.3) is 0 Å². The van der Waals surface area contributed by atoms with Gasteiger partial charge in [0, 0.05) is 19.3 Å². The van der Waals surface area contributed by atoms with Gasteiger partial charge >= 0.3 is 0 Å². The van der Waals surface area contributed by atoms with Gasteiger partial charge in [0.2, 0.25) is 0 Å². The van der Waals surface area contributed by atoms with Crippen LogP contribution in [0.2, 0.25) is 0 Å². The molecule has 1 N–H and O–H groups in total. The third-order valence-electron chi connectivity index (χ3n) is 2.78. The number of fused-ring (bicyclic) bond motifs is 1. The van der Waals surface area contributed by atoms with E-state index in [1.165, 1.54) is 23.0 Å². The fourth-order valence-corrected chi connectivity index (χ4v) is 2.26. The zero-order chi connectivity index (χ0) is 12.3. The number of likely N-dealkylation sites (N-methyl/N-ethyl adjacent to an activating group) is 1. The molecular weight excluding hydrogens is 232 g/mol. The molecule has 0 radical (unpaired) electrons. The molecule has 17 heavy (non-hydrogen) atoms. The summed E-state index contributed by atoms with van der Waals surface area (Å²) < 4.78 is 0. The summed E-state index contributed by atoms with van der Waals surface area (Å²) in [6.07, 6.45) is 4.85. The lowest BCUT2D eigenvalue weighted by Crippen LogP contribution is -2.12. The zero-order valence-corrected chi connectivity index (χ0v) is 10.7. The molecule has 4 nitrogen and oxygen atoms in total. The molecule has 0 spiro atoms. The average Bonchev–Trinajstić information content (AvgIpc) is 2.70. The summed E-state index contributed by atoms with van der Waals surface area (Å²) in [5.74, 6) is 0. The van der Waals surface area contributed by atoms with Crippen LogP contribution in [-0.4, -0.2) is 25.0 Å². The molecule has 0 saturated heterocycles. The van der Waals surface area contributed by atoms with E-state index in [2.05, 4.69) is 34.4 Å². The van der Waals surface area contributed by atoms with Crippen LogP contribution in [0, 0.1) is 11.5 Å². The Labute approximate surface area is 105 Å². The van der Waals surface area contributed by atoms with E-state index in [0.29, 0.717) is 5.17 Å². The summed E-state index contributed by atoms with van der Waals surface area (Å²) in [6.45, 7) is 1.06. The van der Waals surface area contributed by atoms with Gasteiger partial charge in [-0.2, -0.15) is 5.26 Å². The Morgan fingerprint density at radius 3 is 3.12 bits per heavy atom. The monoisotopic (exact) mass is 246 g/mol. The predicted molar refractivity (Wildman–Crippen MR) is 72.8 cm³/mol. The summed E-state index contributed by atoms with van der Waals surface area (Å²) in [4.78, 5) is 6.64. The maximum Gasteiger partial charge on any atom is 0.183 e. The molecule has 0 unspecified atom stereocenters. The van der Waals surface area contributed by atoms with E-state index in [-0.39, 0.29) is 0 Å². The van der Waals surface area contributed by atoms with Crippen molar-refractivity contribution in [2.45, 2.75) is 6.42 Å². The van der Waals surface area contributed by atoms with E-state index in [0.717, 1.165) is 18.7 Å². The van der Waals surface area contributed by atoms with Crippen molar-refractivity contribution in [3.05, 3.63) is 23.8 Å².